The fourth-order valence-electron chi connectivity index (χ4n) is 1.23. The van der Waals surface area contributed by atoms with Crippen molar-refractivity contribution in [2.75, 3.05) is 11.5 Å². The van der Waals surface area contributed by atoms with E-state index in [1.54, 1.807) is 0 Å². The van der Waals surface area contributed by atoms with E-state index in [9.17, 15) is 0 Å². The molecule has 0 fully saturated rings. The second kappa shape index (κ2) is 10.4. The molecule has 0 amide bonds. The van der Waals surface area contributed by atoms with Gasteiger partial charge < -0.3 is 5.73 Å². The van der Waals surface area contributed by atoms with Gasteiger partial charge in [0.25, 0.3) is 0 Å². The molecule has 0 aliphatic heterocycles. The highest BCUT2D eigenvalue weighted by atomic mass is 32.2. The minimum atomic E-state index is 0.394. The minimum absolute atomic E-state index is 0.394. The lowest BCUT2D eigenvalue weighted by atomic mass is 10.2. The number of hydrogen-bond acceptors (Lipinski definition) is 2. The Morgan fingerprint density at radius 3 is 2.23 bits per heavy atom. The van der Waals surface area contributed by atoms with Gasteiger partial charge in [-0.3, -0.25) is 0 Å². The van der Waals surface area contributed by atoms with Gasteiger partial charge >= 0.3 is 0 Å². The Morgan fingerprint density at radius 1 is 1.08 bits per heavy atom. The molecule has 0 aliphatic carbocycles. The Kier molecular flexibility index (Phi) is 10.6. The average Bonchev–Trinajstić information content (AvgIpc) is 2.09. The van der Waals surface area contributed by atoms with Crippen LogP contribution in [0.15, 0.2) is 0 Å². The van der Waals surface area contributed by atoms with E-state index in [4.69, 9.17) is 5.73 Å². The molecule has 2 N–H and O–H groups in total. The van der Waals surface area contributed by atoms with Gasteiger partial charge in [-0.1, -0.05) is 26.2 Å². The third kappa shape index (κ3) is 12.3. The molecule has 0 aromatic heterocycles. The summed E-state index contributed by atoms with van der Waals surface area (Å²) in [5.41, 5.74) is 5.67. The van der Waals surface area contributed by atoms with Crippen LogP contribution in [0, 0.1) is 0 Å². The van der Waals surface area contributed by atoms with Crippen LogP contribution in [-0.2, 0) is 0 Å². The van der Waals surface area contributed by atoms with Gasteiger partial charge in [-0.15, -0.1) is 0 Å². The van der Waals surface area contributed by atoms with Crippen molar-refractivity contribution >= 4 is 11.8 Å². The number of rotatable bonds is 9. The Morgan fingerprint density at radius 2 is 1.69 bits per heavy atom. The van der Waals surface area contributed by atoms with Crippen molar-refractivity contribution in [3.05, 3.63) is 0 Å². The monoisotopic (exact) mass is 203 g/mol. The van der Waals surface area contributed by atoms with Gasteiger partial charge in [-0.25, -0.2) is 0 Å². The van der Waals surface area contributed by atoms with Crippen LogP contribution in [0.5, 0.6) is 0 Å². The van der Waals surface area contributed by atoms with Crippen LogP contribution >= 0.6 is 11.8 Å². The summed E-state index contributed by atoms with van der Waals surface area (Å²) < 4.78 is 0. The summed E-state index contributed by atoms with van der Waals surface area (Å²) in [6.07, 6.45) is 7.97. The van der Waals surface area contributed by atoms with Gasteiger partial charge in [0.2, 0.25) is 0 Å². The second-order valence-electron chi connectivity index (χ2n) is 3.79. The molecule has 0 saturated heterocycles. The van der Waals surface area contributed by atoms with Crippen molar-refractivity contribution in [1.82, 2.24) is 0 Å². The van der Waals surface area contributed by atoms with Gasteiger partial charge in [-0.2, -0.15) is 11.8 Å². The maximum atomic E-state index is 5.67. The van der Waals surface area contributed by atoms with Gasteiger partial charge in [0.1, 0.15) is 0 Å². The third-order valence-corrected chi connectivity index (χ3v) is 3.25. The molecule has 13 heavy (non-hydrogen) atoms. The highest BCUT2D eigenvalue weighted by molar-refractivity contribution is 7.99. The maximum absolute atomic E-state index is 5.67. The van der Waals surface area contributed by atoms with E-state index in [0.717, 1.165) is 0 Å². The summed E-state index contributed by atoms with van der Waals surface area (Å²) >= 11 is 2.10. The molecule has 0 saturated carbocycles. The highest BCUT2D eigenvalue weighted by Crippen LogP contribution is 2.10. The molecule has 2 heteroatoms. The topological polar surface area (TPSA) is 26.0 Å². The lowest BCUT2D eigenvalue weighted by molar-refractivity contribution is 0.618. The second-order valence-corrected chi connectivity index (χ2v) is 5.02. The van der Waals surface area contributed by atoms with Crippen LogP contribution in [0.3, 0.4) is 0 Å². The normalized spacial score (nSPS) is 13.2. The van der Waals surface area contributed by atoms with Crippen molar-refractivity contribution in [3.63, 3.8) is 0 Å². The Labute approximate surface area is 87.9 Å². The first kappa shape index (κ1) is 13.3. The number of unbranched alkanes of at least 4 members (excludes halogenated alkanes) is 3. The Bertz CT molecular complexity index is 94.1. The van der Waals surface area contributed by atoms with Crippen molar-refractivity contribution in [3.8, 4) is 0 Å². The molecule has 0 heterocycles. The largest absolute Gasteiger partial charge is 0.328 e. The highest BCUT2D eigenvalue weighted by Gasteiger charge is 1.94. The summed E-state index contributed by atoms with van der Waals surface area (Å²) in [5.74, 6) is 2.68. The summed E-state index contributed by atoms with van der Waals surface area (Å²) in [5, 5.41) is 0. The zero-order valence-electron chi connectivity index (χ0n) is 9.22. The van der Waals surface area contributed by atoms with Gasteiger partial charge in [0.05, 0.1) is 0 Å². The van der Waals surface area contributed by atoms with Crippen LogP contribution < -0.4 is 5.73 Å². The van der Waals surface area contributed by atoms with Gasteiger partial charge in [-0.05, 0) is 37.7 Å². The van der Waals surface area contributed by atoms with Crippen LogP contribution in [0.4, 0.5) is 0 Å². The minimum Gasteiger partial charge on any atom is -0.328 e. The van der Waals surface area contributed by atoms with Crippen LogP contribution in [0.2, 0.25) is 0 Å². The fraction of sp³-hybridized carbons (Fsp3) is 1.00. The first-order valence-corrected chi connectivity index (χ1v) is 6.76. The predicted octanol–water partition coefficient (Wildman–Crippen LogP) is 3.43. The fourth-order valence-corrected chi connectivity index (χ4v) is 2.25. The van der Waals surface area contributed by atoms with Crippen molar-refractivity contribution in [2.24, 2.45) is 5.73 Å². The predicted molar refractivity (Wildman–Crippen MR) is 64.4 cm³/mol. The third-order valence-electron chi connectivity index (χ3n) is 2.09. The standard InChI is InChI=1S/C11H25NS/c1-3-4-6-9-13-10-7-5-8-11(2)12/h11H,3-10,12H2,1-2H3. The van der Waals surface area contributed by atoms with E-state index in [2.05, 4.69) is 25.6 Å². The smallest absolute Gasteiger partial charge is 0.00104 e. The quantitative estimate of drug-likeness (QED) is 0.581. The summed E-state index contributed by atoms with van der Waals surface area (Å²) in [7, 11) is 0. The SMILES string of the molecule is CCCCCSCCCCC(C)N. The number of nitrogens with two attached hydrogens (primary N) is 1. The first-order valence-electron chi connectivity index (χ1n) is 5.60. The zero-order valence-corrected chi connectivity index (χ0v) is 10.0. The molecule has 1 atom stereocenters. The molecular weight excluding hydrogens is 178 g/mol. The number of hydrogen-bond donors (Lipinski definition) is 1. The Hall–Kier alpha value is 0.310. The molecule has 0 radical (unpaired) electrons. The molecule has 80 valence electrons. The maximum Gasteiger partial charge on any atom is 0.00104 e. The first-order chi connectivity index (χ1) is 6.27. The molecule has 0 aliphatic rings. The lowest BCUT2D eigenvalue weighted by Gasteiger charge is -2.04. The van der Waals surface area contributed by atoms with Crippen molar-refractivity contribution < 1.29 is 0 Å². The van der Waals surface area contributed by atoms with E-state index in [1.807, 2.05) is 0 Å². The van der Waals surface area contributed by atoms with Crippen LogP contribution in [0.25, 0.3) is 0 Å². The summed E-state index contributed by atoms with van der Waals surface area (Å²) in [6, 6.07) is 0.394. The van der Waals surface area contributed by atoms with E-state index in [-0.39, 0.29) is 0 Å². The average molecular weight is 203 g/mol. The van der Waals surface area contributed by atoms with E-state index in [0.29, 0.717) is 6.04 Å². The van der Waals surface area contributed by atoms with Gasteiger partial charge in [0, 0.05) is 6.04 Å². The molecule has 1 unspecified atom stereocenters. The van der Waals surface area contributed by atoms with E-state index < -0.39 is 0 Å². The van der Waals surface area contributed by atoms with Crippen LogP contribution in [-0.4, -0.2) is 17.5 Å². The van der Waals surface area contributed by atoms with Crippen molar-refractivity contribution in [1.29, 1.82) is 0 Å². The molecular formula is C11H25NS. The van der Waals surface area contributed by atoms with Gasteiger partial charge in [0.15, 0.2) is 0 Å². The van der Waals surface area contributed by atoms with E-state index in [1.165, 1.54) is 50.0 Å². The summed E-state index contributed by atoms with van der Waals surface area (Å²) in [6.45, 7) is 4.35. The number of thioether (sulfide) groups is 1. The Balaban J connectivity index is 2.84. The molecule has 1 nitrogen and oxygen atoms in total. The lowest BCUT2D eigenvalue weighted by Crippen LogP contribution is -2.14. The zero-order chi connectivity index (χ0) is 9.94. The van der Waals surface area contributed by atoms with E-state index >= 15 is 0 Å². The molecule has 0 rings (SSSR count). The molecule has 0 aromatic carbocycles. The molecule has 0 spiro atoms. The van der Waals surface area contributed by atoms with Crippen molar-refractivity contribution in [2.45, 2.75) is 58.4 Å². The molecule has 0 bridgehead atoms. The summed E-state index contributed by atoms with van der Waals surface area (Å²) in [4.78, 5) is 0. The molecule has 0 aromatic rings. The van der Waals surface area contributed by atoms with Crippen LogP contribution in [0.1, 0.15) is 52.4 Å².